The molecule has 0 aliphatic carbocycles. The zero-order chi connectivity index (χ0) is 12.6. The van der Waals surface area contributed by atoms with E-state index in [0.29, 0.717) is 6.61 Å². The molecule has 0 bridgehead atoms. The topological polar surface area (TPSA) is 26.3 Å². The molecule has 92 valence electrons. The lowest BCUT2D eigenvalue weighted by atomic mass is 10.1. The number of allylic oxidation sites excluding steroid dienone is 3. The van der Waals surface area contributed by atoms with Crippen molar-refractivity contribution < 1.29 is 9.53 Å². The highest BCUT2D eigenvalue weighted by Gasteiger charge is 2.15. The fourth-order valence-corrected chi connectivity index (χ4v) is 1.12. The number of rotatable bonds is 7. The molecule has 0 fully saturated rings. The van der Waals surface area contributed by atoms with Crippen LogP contribution < -0.4 is 0 Å². The molecule has 16 heavy (non-hydrogen) atoms. The largest absolute Gasteiger partial charge is 0.364 e. The van der Waals surface area contributed by atoms with Crippen LogP contribution in [0.1, 0.15) is 47.5 Å². The molecule has 2 heteroatoms. The number of carbonyl (C=O) groups excluding carboxylic acids is 1. The van der Waals surface area contributed by atoms with E-state index in [4.69, 9.17) is 4.74 Å². The van der Waals surface area contributed by atoms with Gasteiger partial charge in [-0.2, -0.15) is 0 Å². The van der Waals surface area contributed by atoms with Crippen molar-refractivity contribution in [2.45, 2.75) is 53.1 Å². The minimum Gasteiger partial charge on any atom is -0.364 e. The molecule has 0 unspecified atom stereocenters. The summed E-state index contributed by atoms with van der Waals surface area (Å²) in [5, 5.41) is 0. The molecule has 0 atom stereocenters. The minimum absolute atomic E-state index is 0.506. The molecule has 0 aliphatic heterocycles. The summed E-state index contributed by atoms with van der Waals surface area (Å²) < 4.78 is 5.42. The van der Waals surface area contributed by atoms with Crippen molar-refractivity contribution in [1.82, 2.24) is 0 Å². The third-order valence-corrected chi connectivity index (χ3v) is 2.26. The van der Waals surface area contributed by atoms with Gasteiger partial charge in [-0.1, -0.05) is 23.3 Å². The third-order valence-electron chi connectivity index (χ3n) is 2.26. The third kappa shape index (κ3) is 8.42. The van der Waals surface area contributed by atoms with Crippen LogP contribution in [0, 0.1) is 0 Å². The van der Waals surface area contributed by atoms with Crippen LogP contribution in [0.4, 0.5) is 0 Å². The predicted octanol–water partition coefficient (Wildman–Crippen LogP) is 3.67. The lowest BCUT2D eigenvalue weighted by Gasteiger charge is -2.16. The summed E-state index contributed by atoms with van der Waals surface area (Å²) in [5.41, 5.74) is 1.99. The van der Waals surface area contributed by atoms with E-state index >= 15 is 0 Å². The molecule has 0 radical (unpaired) electrons. The van der Waals surface area contributed by atoms with Gasteiger partial charge in [0.2, 0.25) is 0 Å². The molecule has 0 amide bonds. The quantitative estimate of drug-likeness (QED) is 0.487. The van der Waals surface area contributed by atoms with E-state index in [1.165, 1.54) is 11.1 Å². The summed E-state index contributed by atoms with van der Waals surface area (Å²) in [7, 11) is 0. The van der Waals surface area contributed by atoms with Crippen molar-refractivity contribution in [3.05, 3.63) is 23.3 Å². The van der Waals surface area contributed by atoms with Gasteiger partial charge in [0, 0.05) is 0 Å². The van der Waals surface area contributed by atoms with Crippen molar-refractivity contribution in [2.75, 3.05) is 6.61 Å². The first kappa shape index (κ1) is 15.1. The first-order valence-corrected chi connectivity index (χ1v) is 5.76. The van der Waals surface area contributed by atoms with Gasteiger partial charge in [-0.3, -0.25) is 0 Å². The van der Waals surface area contributed by atoms with Crippen molar-refractivity contribution in [3.8, 4) is 0 Å². The Kier molecular flexibility index (Phi) is 6.98. The maximum atomic E-state index is 10.6. The maximum absolute atomic E-state index is 10.6. The molecule has 0 rings (SSSR count). The van der Waals surface area contributed by atoms with E-state index in [1.807, 2.05) is 6.08 Å². The van der Waals surface area contributed by atoms with Crippen LogP contribution in [0.25, 0.3) is 0 Å². The first-order chi connectivity index (χ1) is 7.37. The van der Waals surface area contributed by atoms with Crippen molar-refractivity contribution >= 4 is 6.29 Å². The lowest BCUT2D eigenvalue weighted by Crippen LogP contribution is -2.26. The Labute approximate surface area is 99.4 Å². The Morgan fingerprint density at radius 2 is 1.81 bits per heavy atom. The summed E-state index contributed by atoms with van der Waals surface area (Å²) in [6, 6.07) is 0. The van der Waals surface area contributed by atoms with Gasteiger partial charge >= 0.3 is 0 Å². The van der Waals surface area contributed by atoms with Crippen molar-refractivity contribution in [3.63, 3.8) is 0 Å². The molecular formula is C14H24O2. The second-order valence-corrected chi connectivity index (χ2v) is 4.90. The van der Waals surface area contributed by atoms with Crippen LogP contribution in [-0.2, 0) is 9.53 Å². The first-order valence-electron chi connectivity index (χ1n) is 5.76. The number of hydrogen-bond acceptors (Lipinski definition) is 2. The smallest absolute Gasteiger partial charge is 0.151 e. The second kappa shape index (κ2) is 7.39. The molecule has 0 spiro atoms. The van der Waals surface area contributed by atoms with Gasteiger partial charge in [-0.25, -0.2) is 0 Å². The van der Waals surface area contributed by atoms with Crippen LogP contribution in [0.5, 0.6) is 0 Å². The molecule has 0 aliphatic rings. The van der Waals surface area contributed by atoms with E-state index in [0.717, 1.165) is 19.1 Å². The standard InChI is InChI=1S/C14H24O2/c1-12(2)7-6-8-13(3)9-10-16-14(4,5)11-15/h7,9,11H,6,8,10H2,1-5H3. The van der Waals surface area contributed by atoms with E-state index in [1.54, 1.807) is 13.8 Å². The second-order valence-electron chi connectivity index (χ2n) is 4.90. The number of aldehydes is 1. The molecular weight excluding hydrogens is 200 g/mol. The molecule has 0 saturated carbocycles. The zero-order valence-electron chi connectivity index (χ0n) is 11.2. The summed E-state index contributed by atoms with van der Waals surface area (Å²) in [6.07, 6.45) is 7.23. The van der Waals surface area contributed by atoms with Crippen LogP contribution in [0.3, 0.4) is 0 Å². The summed E-state index contributed by atoms with van der Waals surface area (Å²) >= 11 is 0. The molecule has 2 nitrogen and oxygen atoms in total. The van der Waals surface area contributed by atoms with Crippen LogP contribution in [0.2, 0.25) is 0 Å². The SMILES string of the molecule is CC(C)=CCCC(C)=CCOC(C)(C)C=O. The molecule has 0 saturated heterocycles. The highest BCUT2D eigenvalue weighted by molar-refractivity contribution is 5.60. The van der Waals surface area contributed by atoms with E-state index in [2.05, 4.69) is 26.8 Å². The van der Waals surface area contributed by atoms with E-state index < -0.39 is 5.60 Å². The van der Waals surface area contributed by atoms with E-state index in [9.17, 15) is 4.79 Å². The van der Waals surface area contributed by atoms with Crippen molar-refractivity contribution in [1.29, 1.82) is 0 Å². The number of hydrogen-bond donors (Lipinski definition) is 0. The Bertz CT molecular complexity index is 268. The summed E-state index contributed by atoms with van der Waals surface area (Å²) in [4.78, 5) is 10.6. The van der Waals surface area contributed by atoms with Gasteiger partial charge in [0.15, 0.2) is 6.29 Å². The Balaban J connectivity index is 3.88. The molecule has 0 aromatic carbocycles. The molecule has 0 aromatic rings. The monoisotopic (exact) mass is 224 g/mol. The van der Waals surface area contributed by atoms with Gasteiger partial charge < -0.3 is 9.53 Å². The number of ether oxygens (including phenoxy) is 1. The van der Waals surface area contributed by atoms with Crippen LogP contribution in [0.15, 0.2) is 23.3 Å². The normalized spacial score (nSPS) is 12.4. The average Bonchev–Trinajstić information content (AvgIpc) is 2.17. The fraction of sp³-hybridized carbons (Fsp3) is 0.643. The molecule has 0 heterocycles. The highest BCUT2D eigenvalue weighted by Crippen LogP contribution is 2.09. The van der Waals surface area contributed by atoms with Crippen LogP contribution in [-0.4, -0.2) is 18.5 Å². The van der Waals surface area contributed by atoms with Gasteiger partial charge in [0.25, 0.3) is 0 Å². The average molecular weight is 224 g/mol. The zero-order valence-corrected chi connectivity index (χ0v) is 11.2. The fourth-order valence-electron chi connectivity index (χ4n) is 1.12. The Hall–Kier alpha value is -0.890. The van der Waals surface area contributed by atoms with Crippen LogP contribution >= 0.6 is 0 Å². The molecule has 0 N–H and O–H groups in total. The Morgan fingerprint density at radius 3 is 2.31 bits per heavy atom. The number of carbonyl (C=O) groups is 1. The van der Waals surface area contributed by atoms with Gasteiger partial charge in [-0.05, 0) is 47.5 Å². The van der Waals surface area contributed by atoms with E-state index in [-0.39, 0.29) is 0 Å². The van der Waals surface area contributed by atoms with Gasteiger partial charge in [0.05, 0.1) is 6.61 Å². The van der Waals surface area contributed by atoms with Gasteiger partial charge in [0.1, 0.15) is 5.60 Å². The summed E-state index contributed by atoms with van der Waals surface area (Å²) in [5.74, 6) is 0. The summed E-state index contributed by atoms with van der Waals surface area (Å²) in [6.45, 7) is 10.4. The van der Waals surface area contributed by atoms with Gasteiger partial charge in [-0.15, -0.1) is 0 Å². The van der Waals surface area contributed by atoms with Crippen molar-refractivity contribution in [2.24, 2.45) is 0 Å². The predicted molar refractivity (Wildman–Crippen MR) is 68.5 cm³/mol. The molecule has 0 aromatic heterocycles. The highest BCUT2D eigenvalue weighted by atomic mass is 16.5. The maximum Gasteiger partial charge on any atom is 0.151 e. The Morgan fingerprint density at radius 1 is 1.19 bits per heavy atom. The minimum atomic E-state index is -0.670. The lowest BCUT2D eigenvalue weighted by molar-refractivity contribution is -0.125.